The van der Waals surface area contributed by atoms with Crippen LogP contribution in [0, 0.1) is 11.8 Å². The fraction of sp³-hybridized carbons (Fsp3) is 0.870. The van der Waals surface area contributed by atoms with Gasteiger partial charge in [0.1, 0.15) is 48.3 Å². The largest absolute Gasteiger partial charge is 0.472 e. The van der Waals surface area contributed by atoms with Gasteiger partial charge in [-0.15, -0.1) is 0 Å². The van der Waals surface area contributed by atoms with Gasteiger partial charge in [0, 0.05) is 12.8 Å². The summed E-state index contributed by atoms with van der Waals surface area (Å²) in [6.07, 6.45) is -13.6. The topological polar surface area (TPSA) is 227 Å². The quantitative estimate of drug-likeness (QED) is 0.118. The van der Waals surface area contributed by atoms with Crippen LogP contribution in [0.25, 0.3) is 0 Å². The van der Waals surface area contributed by atoms with Crippen molar-refractivity contribution in [2.75, 3.05) is 13.2 Å². The van der Waals surface area contributed by atoms with E-state index in [4.69, 9.17) is 33.2 Å². The van der Waals surface area contributed by atoms with Crippen molar-refractivity contribution in [1.29, 1.82) is 0 Å². The number of rotatable bonds is 7. The predicted molar refractivity (Wildman–Crippen MR) is 117 cm³/mol. The van der Waals surface area contributed by atoms with Gasteiger partial charge >= 0.3 is 5.97 Å². The van der Waals surface area contributed by atoms with Crippen LogP contribution in [0.15, 0.2) is 12.3 Å². The third kappa shape index (κ3) is 4.53. The summed E-state index contributed by atoms with van der Waals surface area (Å²) in [7, 11) is 0. The van der Waals surface area contributed by atoms with Crippen molar-refractivity contribution in [1.82, 2.24) is 0 Å². The van der Waals surface area contributed by atoms with E-state index in [2.05, 4.69) is 0 Å². The number of esters is 1. The number of fused-ring (bicyclic) bond motifs is 3. The second-order valence-corrected chi connectivity index (χ2v) is 10.3. The minimum Gasteiger partial charge on any atom is -0.472 e. The summed E-state index contributed by atoms with van der Waals surface area (Å²) in [5.74, 6) is -1.94. The van der Waals surface area contributed by atoms with Crippen LogP contribution in [0.3, 0.4) is 0 Å². The second-order valence-electron chi connectivity index (χ2n) is 10.3. The minimum atomic E-state index is -1.67. The number of epoxide rings is 1. The molecule has 16 atom stereocenters. The highest BCUT2D eigenvalue weighted by atomic mass is 16.8. The number of hydrogen-bond acceptors (Lipinski definition) is 15. The van der Waals surface area contributed by atoms with Crippen LogP contribution < -0.4 is 0 Å². The molecule has 0 radical (unpaired) electrons. The Labute approximate surface area is 217 Å². The Kier molecular flexibility index (Phi) is 7.75. The zero-order valence-corrected chi connectivity index (χ0v) is 20.6. The zero-order valence-electron chi connectivity index (χ0n) is 20.6. The molecule has 0 amide bonds. The molecule has 216 valence electrons. The van der Waals surface area contributed by atoms with Crippen molar-refractivity contribution in [2.24, 2.45) is 11.8 Å². The smallest absolute Gasteiger partial charge is 0.303 e. The lowest BCUT2D eigenvalue weighted by Crippen LogP contribution is -2.60. The lowest BCUT2D eigenvalue weighted by Gasteiger charge is -2.44. The first kappa shape index (κ1) is 28.1. The number of aliphatic hydroxyl groups excluding tert-OH is 7. The molecule has 1 aliphatic carbocycles. The van der Waals surface area contributed by atoms with Crippen LogP contribution in [0.2, 0.25) is 0 Å². The Hall–Kier alpha value is -1.47. The SMILES string of the molecule is CC(=O)O[C@@H]1[C@@H](O)[C@H](C)O[C@@H](O[C@H]2[C@@H]3C=CO[C@@H](O[C@@H]4O[C@H](CO)[C@@H](O)[C@H](O)[C@H]4O)[C@@H]3[C@@]3(CO)O[C@@H]23)[C@@H]1O. The molecule has 4 fully saturated rings. The van der Waals surface area contributed by atoms with E-state index in [9.17, 15) is 40.5 Å². The van der Waals surface area contributed by atoms with Crippen molar-refractivity contribution >= 4 is 5.97 Å². The average Bonchev–Trinajstić information content (AvgIpc) is 3.56. The molecule has 3 saturated heterocycles. The third-order valence-electron chi connectivity index (χ3n) is 7.97. The first-order chi connectivity index (χ1) is 18.0. The van der Waals surface area contributed by atoms with E-state index in [0.717, 1.165) is 6.92 Å². The zero-order chi connectivity index (χ0) is 27.5. The molecule has 15 heteroatoms. The molecule has 5 aliphatic rings. The molecule has 4 aliphatic heterocycles. The second kappa shape index (κ2) is 10.5. The van der Waals surface area contributed by atoms with Gasteiger partial charge in [-0.2, -0.15) is 0 Å². The van der Waals surface area contributed by atoms with E-state index in [1.807, 2.05) is 0 Å². The van der Waals surface area contributed by atoms with Gasteiger partial charge in [-0.3, -0.25) is 4.79 Å². The Morgan fingerprint density at radius 1 is 0.895 bits per heavy atom. The molecule has 0 unspecified atom stereocenters. The van der Waals surface area contributed by atoms with Gasteiger partial charge < -0.3 is 68.9 Å². The van der Waals surface area contributed by atoms with Gasteiger partial charge in [0.2, 0.25) is 6.29 Å². The normalized spacial score (nSPS) is 53.6. The highest BCUT2D eigenvalue weighted by molar-refractivity contribution is 5.66. The van der Waals surface area contributed by atoms with Crippen LogP contribution in [-0.4, -0.2) is 140 Å². The fourth-order valence-electron chi connectivity index (χ4n) is 5.91. The standard InChI is InChI=1S/C23H34O15/c1-7-12(27)18(34-8(2)26)16(31)22(33-7)36-17-9-3-4-32-20(11(9)23(6-25)19(17)38-23)37-21-15(30)14(29)13(28)10(5-24)35-21/h3-4,7,9-22,24-25,27-31H,5-6H2,1-2H3/t7-,9+,10+,11+,12-,13+,14-,15+,16+,17-,18+,19-,20-,21-,22-,23+/m0/s1. The number of ether oxygens (including phenoxy) is 7. The van der Waals surface area contributed by atoms with E-state index < -0.39 is 117 Å². The molecule has 1 saturated carbocycles. The monoisotopic (exact) mass is 550 g/mol. The predicted octanol–water partition coefficient (Wildman–Crippen LogP) is -4.17. The molecule has 0 aromatic heterocycles. The third-order valence-corrected chi connectivity index (χ3v) is 7.97. The first-order valence-electron chi connectivity index (χ1n) is 12.4. The van der Waals surface area contributed by atoms with Gasteiger partial charge in [0.05, 0.1) is 37.6 Å². The summed E-state index contributed by atoms with van der Waals surface area (Å²) >= 11 is 0. The van der Waals surface area contributed by atoms with Crippen LogP contribution in [0.5, 0.6) is 0 Å². The fourth-order valence-corrected chi connectivity index (χ4v) is 5.91. The number of carbonyl (C=O) groups is 1. The summed E-state index contributed by atoms with van der Waals surface area (Å²) in [4.78, 5) is 11.5. The molecule has 0 spiro atoms. The van der Waals surface area contributed by atoms with Crippen molar-refractivity contribution < 1.29 is 73.7 Å². The Balaban J connectivity index is 1.34. The van der Waals surface area contributed by atoms with Crippen LogP contribution in [0.4, 0.5) is 0 Å². The highest BCUT2D eigenvalue weighted by Crippen LogP contribution is 2.61. The molecule has 15 nitrogen and oxygen atoms in total. The van der Waals surface area contributed by atoms with Crippen LogP contribution in [0.1, 0.15) is 13.8 Å². The first-order valence-corrected chi connectivity index (χ1v) is 12.4. The summed E-state index contributed by atoms with van der Waals surface area (Å²) in [5.41, 5.74) is -1.18. The van der Waals surface area contributed by atoms with Crippen LogP contribution in [-0.2, 0) is 38.0 Å². The van der Waals surface area contributed by atoms with Gasteiger partial charge in [0.15, 0.2) is 18.7 Å². The van der Waals surface area contributed by atoms with E-state index >= 15 is 0 Å². The maximum Gasteiger partial charge on any atom is 0.303 e. The van der Waals surface area contributed by atoms with Gasteiger partial charge in [-0.25, -0.2) is 0 Å². The van der Waals surface area contributed by atoms with E-state index in [1.165, 1.54) is 13.2 Å². The van der Waals surface area contributed by atoms with Gasteiger partial charge in [-0.05, 0) is 13.0 Å². The molecule has 7 N–H and O–H groups in total. The van der Waals surface area contributed by atoms with E-state index in [1.54, 1.807) is 6.08 Å². The summed E-state index contributed by atoms with van der Waals surface area (Å²) in [5, 5.41) is 71.4. The molecule has 0 aromatic carbocycles. The molecule has 4 heterocycles. The maximum atomic E-state index is 11.5. The van der Waals surface area contributed by atoms with Crippen LogP contribution >= 0.6 is 0 Å². The summed E-state index contributed by atoms with van der Waals surface area (Å²) in [6, 6.07) is 0. The van der Waals surface area contributed by atoms with Gasteiger partial charge in [-0.1, -0.05) is 0 Å². The molecular formula is C23H34O15. The average molecular weight is 551 g/mol. The molecule has 5 rings (SSSR count). The molecule has 0 bridgehead atoms. The lowest BCUT2D eigenvalue weighted by molar-refractivity contribution is -0.347. The van der Waals surface area contributed by atoms with Crippen molar-refractivity contribution in [2.45, 2.75) is 99.4 Å². The maximum absolute atomic E-state index is 11.5. The number of aliphatic hydroxyl groups is 7. The van der Waals surface area contributed by atoms with Crippen molar-refractivity contribution in [3.63, 3.8) is 0 Å². The van der Waals surface area contributed by atoms with Crippen molar-refractivity contribution in [3.8, 4) is 0 Å². The lowest BCUT2D eigenvalue weighted by atomic mass is 9.85. The summed E-state index contributed by atoms with van der Waals surface area (Å²) < 4.78 is 39.6. The minimum absolute atomic E-state index is 0.455. The Morgan fingerprint density at radius 2 is 1.61 bits per heavy atom. The number of hydrogen-bond donors (Lipinski definition) is 7. The van der Waals surface area contributed by atoms with Gasteiger partial charge in [0.25, 0.3) is 0 Å². The molecule has 0 aromatic rings. The Bertz CT molecular complexity index is 900. The van der Waals surface area contributed by atoms with Crippen molar-refractivity contribution in [3.05, 3.63) is 12.3 Å². The molecular weight excluding hydrogens is 516 g/mol. The molecule has 38 heavy (non-hydrogen) atoms. The van der Waals surface area contributed by atoms with E-state index in [-0.39, 0.29) is 0 Å². The highest BCUT2D eigenvalue weighted by Gasteiger charge is 2.77. The van der Waals surface area contributed by atoms with E-state index in [0.29, 0.717) is 0 Å². The Morgan fingerprint density at radius 3 is 2.26 bits per heavy atom. The summed E-state index contributed by atoms with van der Waals surface area (Å²) in [6.45, 7) is 1.58. The number of carbonyl (C=O) groups excluding carboxylic acids is 1.